The average Bonchev–Trinajstić information content (AvgIpc) is 3.01. The van der Waals surface area contributed by atoms with Gasteiger partial charge in [0.2, 0.25) is 5.91 Å². The van der Waals surface area contributed by atoms with Crippen LogP contribution in [0.15, 0.2) is 29.3 Å². The van der Waals surface area contributed by atoms with Gasteiger partial charge in [-0.05, 0) is 30.9 Å². The van der Waals surface area contributed by atoms with Crippen LogP contribution < -0.4 is 11.1 Å². The number of hydrogen-bond acceptors (Lipinski definition) is 3. The fraction of sp³-hybridized carbons (Fsp3) is 0.500. The number of guanidine groups is 1. The second-order valence-electron chi connectivity index (χ2n) is 6.55. The quantitative estimate of drug-likeness (QED) is 0.563. The number of piperidine rings is 1. The molecule has 3 rings (SSSR count). The number of fused-ring (bicyclic) bond motifs is 1. The number of H-pyrrole nitrogens is 1. The number of hydrogen-bond donors (Lipinski definition) is 3. The summed E-state index contributed by atoms with van der Waals surface area (Å²) < 4.78 is 0. The zero-order chi connectivity index (χ0) is 17.6. The van der Waals surface area contributed by atoms with Crippen molar-refractivity contribution in [3.63, 3.8) is 0 Å². The van der Waals surface area contributed by atoms with Crippen LogP contribution in [0.2, 0.25) is 0 Å². The smallest absolute Gasteiger partial charge is 0.217 e. The molecule has 0 saturated carbocycles. The molecule has 134 valence electrons. The first-order valence-corrected chi connectivity index (χ1v) is 8.83. The van der Waals surface area contributed by atoms with Crippen molar-refractivity contribution in [3.8, 4) is 0 Å². The number of carbonyl (C=O) groups excluding carboxylic acids is 1. The molecule has 0 spiro atoms. The molecule has 1 unspecified atom stereocenters. The maximum atomic E-state index is 11.2. The summed E-state index contributed by atoms with van der Waals surface area (Å²) in [5, 5.41) is 3.41. The Morgan fingerprint density at radius 3 is 3.08 bits per heavy atom. The summed E-state index contributed by atoms with van der Waals surface area (Å²) >= 11 is 0. The van der Waals surface area contributed by atoms with Crippen LogP contribution in [0.3, 0.4) is 0 Å². The van der Waals surface area contributed by atoms with E-state index in [0.29, 0.717) is 12.3 Å². The van der Waals surface area contributed by atoms with Gasteiger partial charge < -0.3 is 20.9 Å². The number of nitrogens with one attached hydrogen (secondary N) is 2. The topological polar surface area (TPSA) is 99.4 Å². The van der Waals surface area contributed by atoms with Gasteiger partial charge in [0.05, 0.1) is 11.0 Å². The summed E-state index contributed by atoms with van der Waals surface area (Å²) in [6.45, 7) is 2.54. The number of aromatic nitrogens is 2. The van der Waals surface area contributed by atoms with E-state index in [4.69, 9.17) is 5.73 Å². The van der Waals surface area contributed by atoms with Gasteiger partial charge in [-0.1, -0.05) is 12.1 Å². The predicted molar refractivity (Wildman–Crippen MR) is 99.3 cm³/mol. The van der Waals surface area contributed by atoms with Crippen LogP contribution >= 0.6 is 0 Å². The second-order valence-corrected chi connectivity index (χ2v) is 6.55. The van der Waals surface area contributed by atoms with E-state index in [1.165, 1.54) is 0 Å². The summed E-state index contributed by atoms with van der Waals surface area (Å²) in [6.07, 6.45) is 3.36. The highest BCUT2D eigenvalue weighted by atomic mass is 16.1. The van der Waals surface area contributed by atoms with Crippen LogP contribution in [0, 0.1) is 5.92 Å². The minimum Gasteiger partial charge on any atom is -0.370 e. The molecule has 1 aromatic heterocycles. The molecule has 2 heterocycles. The Kier molecular flexibility index (Phi) is 5.53. The molecular weight excluding hydrogens is 316 g/mol. The average molecular weight is 342 g/mol. The number of nitrogens with zero attached hydrogens (tertiary/aromatic N) is 3. The SMILES string of the molecule is CN=C(NCCc1nc2ccccc2[nH]1)N1CCCC(CC(N)=O)C1. The van der Waals surface area contributed by atoms with Crippen molar-refractivity contribution in [2.45, 2.75) is 25.7 Å². The highest BCUT2D eigenvalue weighted by Crippen LogP contribution is 2.19. The summed E-state index contributed by atoms with van der Waals surface area (Å²) in [6, 6.07) is 8.04. The third-order valence-electron chi connectivity index (χ3n) is 4.60. The van der Waals surface area contributed by atoms with E-state index in [9.17, 15) is 4.79 Å². The minimum absolute atomic E-state index is 0.223. The molecule has 0 radical (unpaired) electrons. The molecule has 1 aliphatic heterocycles. The lowest BCUT2D eigenvalue weighted by molar-refractivity contribution is -0.119. The van der Waals surface area contributed by atoms with Crippen molar-refractivity contribution in [3.05, 3.63) is 30.1 Å². The lowest BCUT2D eigenvalue weighted by Gasteiger charge is -2.34. The van der Waals surface area contributed by atoms with E-state index in [1.807, 2.05) is 24.3 Å². The largest absolute Gasteiger partial charge is 0.370 e. The van der Waals surface area contributed by atoms with Crippen molar-refractivity contribution >= 4 is 22.9 Å². The standard InChI is InChI=1S/C18H26N6O/c1-20-18(24-10-4-5-13(12-24)11-16(19)25)21-9-8-17-22-14-6-2-3-7-15(14)23-17/h2-3,6-7,13H,4-5,8-12H2,1H3,(H2,19,25)(H,20,21)(H,22,23). The second kappa shape index (κ2) is 8.00. The molecule has 0 bridgehead atoms. The number of aromatic amines is 1. The third-order valence-corrected chi connectivity index (χ3v) is 4.60. The highest BCUT2D eigenvalue weighted by Gasteiger charge is 2.23. The number of likely N-dealkylation sites (tertiary alicyclic amines) is 1. The van der Waals surface area contributed by atoms with Crippen molar-refractivity contribution < 1.29 is 4.79 Å². The zero-order valence-electron chi connectivity index (χ0n) is 14.7. The Morgan fingerprint density at radius 2 is 2.32 bits per heavy atom. The Morgan fingerprint density at radius 1 is 1.48 bits per heavy atom. The first kappa shape index (κ1) is 17.3. The van der Waals surface area contributed by atoms with Crippen LogP contribution in [0.25, 0.3) is 11.0 Å². The molecule has 1 atom stereocenters. The van der Waals surface area contributed by atoms with Crippen LogP contribution in [-0.2, 0) is 11.2 Å². The van der Waals surface area contributed by atoms with E-state index >= 15 is 0 Å². The van der Waals surface area contributed by atoms with Crippen molar-refractivity contribution in [2.75, 3.05) is 26.7 Å². The predicted octanol–water partition coefficient (Wildman–Crippen LogP) is 1.27. The fourth-order valence-corrected chi connectivity index (χ4v) is 3.46. The Labute approximate surface area is 147 Å². The van der Waals surface area contributed by atoms with Crippen LogP contribution in [0.1, 0.15) is 25.1 Å². The Balaban J connectivity index is 1.52. The van der Waals surface area contributed by atoms with E-state index in [-0.39, 0.29) is 5.91 Å². The number of carbonyl (C=O) groups is 1. The van der Waals surface area contributed by atoms with Gasteiger partial charge in [-0.3, -0.25) is 9.79 Å². The van der Waals surface area contributed by atoms with Gasteiger partial charge in [-0.15, -0.1) is 0 Å². The van der Waals surface area contributed by atoms with E-state index in [2.05, 4.69) is 25.2 Å². The number of primary amides is 1. The maximum absolute atomic E-state index is 11.2. The Bertz CT molecular complexity index is 720. The van der Waals surface area contributed by atoms with E-state index < -0.39 is 0 Å². The summed E-state index contributed by atoms with van der Waals surface area (Å²) in [5.74, 6) is 1.94. The van der Waals surface area contributed by atoms with Gasteiger partial charge in [0.1, 0.15) is 5.82 Å². The molecule has 1 aromatic carbocycles. The van der Waals surface area contributed by atoms with Gasteiger partial charge in [-0.25, -0.2) is 4.98 Å². The van der Waals surface area contributed by atoms with E-state index in [1.54, 1.807) is 7.05 Å². The summed E-state index contributed by atoms with van der Waals surface area (Å²) in [5.41, 5.74) is 7.40. The first-order chi connectivity index (χ1) is 12.2. The normalized spacial score (nSPS) is 18.5. The highest BCUT2D eigenvalue weighted by molar-refractivity contribution is 5.80. The number of aliphatic imine (C=N–C) groups is 1. The third kappa shape index (κ3) is 4.49. The van der Waals surface area contributed by atoms with Gasteiger partial charge in [0.25, 0.3) is 0 Å². The molecule has 25 heavy (non-hydrogen) atoms. The molecule has 0 aliphatic carbocycles. The molecular formula is C18H26N6O. The number of rotatable bonds is 5. The fourth-order valence-electron chi connectivity index (χ4n) is 3.46. The summed E-state index contributed by atoms with van der Waals surface area (Å²) in [7, 11) is 1.79. The number of amides is 1. The molecule has 1 aliphatic rings. The minimum atomic E-state index is -0.223. The lowest BCUT2D eigenvalue weighted by Crippen LogP contribution is -2.47. The van der Waals surface area contributed by atoms with Crippen molar-refractivity contribution in [1.82, 2.24) is 20.2 Å². The number of benzene rings is 1. The lowest BCUT2D eigenvalue weighted by atomic mass is 9.95. The van der Waals surface area contributed by atoms with Crippen LogP contribution in [0.4, 0.5) is 0 Å². The monoisotopic (exact) mass is 342 g/mol. The van der Waals surface area contributed by atoms with Gasteiger partial charge in [0, 0.05) is 39.5 Å². The molecule has 1 amide bonds. The van der Waals surface area contributed by atoms with Gasteiger partial charge >= 0.3 is 0 Å². The van der Waals surface area contributed by atoms with Crippen molar-refractivity contribution in [1.29, 1.82) is 0 Å². The molecule has 1 saturated heterocycles. The zero-order valence-corrected chi connectivity index (χ0v) is 14.7. The van der Waals surface area contributed by atoms with Crippen LogP contribution in [0.5, 0.6) is 0 Å². The number of para-hydroxylation sites is 2. The number of nitrogens with two attached hydrogens (primary N) is 1. The first-order valence-electron chi connectivity index (χ1n) is 8.83. The van der Waals surface area contributed by atoms with Gasteiger partial charge in [-0.2, -0.15) is 0 Å². The van der Waals surface area contributed by atoms with Crippen LogP contribution in [-0.4, -0.2) is 53.4 Å². The molecule has 2 aromatic rings. The molecule has 4 N–H and O–H groups in total. The molecule has 1 fully saturated rings. The van der Waals surface area contributed by atoms with Gasteiger partial charge in [0.15, 0.2) is 5.96 Å². The molecule has 7 nitrogen and oxygen atoms in total. The Hall–Kier alpha value is -2.57. The van der Waals surface area contributed by atoms with E-state index in [0.717, 1.165) is 61.7 Å². The maximum Gasteiger partial charge on any atom is 0.217 e. The molecule has 7 heteroatoms. The number of imidazole rings is 1. The summed E-state index contributed by atoms with van der Waals surface area (Å²) in [4.78, 5) is 25.7. The van der Waals surface area contributed by atoms with Crippen molar-refractivity contribution in [2.24, 2.45) is 16.6 Å².